The van der Waals surface area contributed by atoms with Gasteiger partial charge in [0.05, 0.1) is 14.2 Å². The van der Waals surface area contributed by atoms with Crippen LogP contribution >= 0.6 is 0 Å². The third-order valence-corrected chi connectivity index (χ3v) is 4.76. The number of benzene rings is 1. The lowest BCUT2D eigenvalue weighted by molar-refractivity contribution is 0.146. The van der Waals surface area contributed by atoms with E-state index in [4.69, 9.17) is 15.2 Å². The van der Waals surface area contributed by atoms with Crippen LogP contribution in [0.2, 0.25) is 0 Å². The molecule has 0 aliphatic carbocycles. The van der Waals surface area contributed by atoms with Gasteiger partial charge in [0.1, 0.15) is 0 Å². The second-order valence-corrected chi connectivity index (χ2v) is 5.86. The molecule has 0 atom stereocenters. The molecule has 1 fully saturated rings. The fraction of sp³-hybridized carbons (Fsp3) is 0.625. The van der Waals surface area contributed by atoms with Crippen molar-refractivity contribution in [3.8, 4) is 11.5 Å². The smallest absolute Gasteiger partial charge is 0.164 e. The number of fused-ring (bicyclic) bond motifs is 1. The molecule has 1 aromatic carbocycles. The van der Waals surface area contributed by atoms with Crippen LogP contribution in [0.4, 0.5) is 5.69 Å². The summed E-state index contributed by atoms with van der Waals surface area (Å²) in [6.45, 7) is 4.23. The molecule has 0 amide bonds. The fourth-order valence-electron chi connectivity index (χ4n) is 3.60. The van der Waals surface area contributed by atoms with Gasteiger partial charge in [-0.3, -0.25) is 4.90 Å². The van der Waals surface area contributed by atoms with Crippen molar-refractivity contribution < 1.29 is 9.47 Å². The number of nitrogens with zero attached hydrogens (tertiary/aromatic N) is 1. The van der Waals surface area contributed by atoms with Crippen molar-refractivity contribution >= 4 is 5.69 Å². The van der Waals surface area contributed by atoms with E-state index in [1.54, 1.807) is 14.2 Å². The van der Waals surface area contributed by atoms with Gasteiger partial charge in [0.2, 0.25) is 0 Å². The predicted molar refractivity (Wildman–Crippen MR) is 84.0 cm³/mol. The van der Waals surface area contributed by atoms with Gasteiger partial charge in [-0.05, 0) is 37.9 Å². The molecule has 21 heavy (non-hydrogen) atoms. The Labute approximate surface area is 126 Å². The summed E-state index contributed by atoms with van der Waals surface area (Å²) < 4.78 is 11.0. The zero-order chi connectivity index (χ0) is 14.8. The van der Waals surface area contributed by atoms with Crippen molar-refractivity contribution in [3.63, 3.8) is 0 Å². The highest BCUT2D eigenvalue weighted by Crippen LogP contribution is 2.40. The molecule has 3 N–H and O–H groups in total. The Morgan fingerprint density at radius 2 is 1.95 bits per heavy atom. The average Bonchev–Trinajstić information content (AvgIpc) is 2.55. The van der Waals surface area contributed by atoms with Crippen LogP contribution in [0.3, 0.4) is 0 Å². The molecule has 5 nitrogen and oxygen atoms in total. The molecular formula is C16H25N3O2. The first kappa shape index (κ1) is 14.5. The molecule has 2 aliphatic rings. The van der Waals surface area contributed by atoms with Crippen molar-refractivity contribution in [1.82, 2.24) is 10.2 Å². The van der Waals surface area contributed by atoms with Crippen molar-refractivity contribution in [2.75, 3.05) is 39.6 Å². The Balaban J connectivity index is 1.88. The molecule has 2 heterocycles. The largest absolute Gasteiger partial charge is 0.493 e. The van der Waals surface area contributed by atoms with E-state index >= 15 is 0 Å². The minimum Gasteiger partial charge on any atom is -0.493 e. The zero-order valence-corrected chi connectivity index (χ0v) is 12.9. The second-order valence-electron chi connectivity index (χ2n) is 5.86. The first-order valence-corrected chi connectivity index (χ1v) is 7.71. The topological polar surface area (TPSA) is 59.8 Å². The molecule has 3 rings (SSSR count). The number of nitrogens with one attached hydrogen (secondary N) is 1. The molecule has 0 unspecified atom stereocenters. The number of anilines is 1. The number of piperidine rings is 1. The van der Waals surface area contributed by atoms with Crippen LogP contribution in [0.5, 0.6) is 11.5 Å². The molecule has 0 radical (unpaired) electrons. The van der Waals surface area contributed by atoms with Gasteiger partial charge in [-0.15, -0.1) is 0 Å². The van der Waals surface area contributed by atoms with Crippen LogP contribution in [0.25, 0.3) is 0 Å². The van der Waals surface area contributed by atoms with Crippen LogP contribution < -0.4 is 20.5 Å². The molecule has 0 spiro atoms. The third kappa shape index (κ3) is 2.68. The molecule has 1 saturated heterocycles. The van der Waals surface area contributed by atoms with Gasteiger partial charge < -0.3 is 20.5 Å². The lowest BCUT2D eigenvalue weighted by Crippen LogP contribution is -2.45. The van der Waals surface area contributed by atoms with E-state index < -0.39 is 0 Å². The van der Waals surface area contributed by atoms with Gasteiger partial charge in [0, 0.05) is 36.4 Å². The average molecular weight is 291 g/mol. The highest BCUT2D eigenvalue weighted by Gasteiger charge is 2.29. The summed E-state index contributed by atoms with van der Waals surface area (Å²) in [6.07, 6.45) is 3.43. The lowest BCUT2D eigenvalue weighted by atomic mass is 9.93. The maximum Gasteiger partial charge on any atom is 0.164 e. The molecule has 0 bridgehead atoms. The maximum atomic E-state index is 6.26. The maximum absolute atomic E-state index is 6.26. The van der Waals surface area contributed by atoms with Crippen molar-refractivity contribution in [2.45, 2.75) is 31.8 Å². The van der Waals surface area contributed by atoms with Gasteiger partial charge in [0.25, 0.3) is 0 Å². The number of hydrogen-bond acceptors (Lipinski definition) is 5. The van der Waals surface area contributed by atoms with Crippen LogP contribution in [0.1, 0.15) is 24.0 Å². The molecule has 2 aliphatic heterocycles. The SMILES string of the molecule is COc1cc(N)c2c(c1OC)CCN(C1CCNCC1)C2. The first-order valence-electron chi connectivity index (χ1n) is 7.71. The van der Waals surface area contributed by atoms with E-state index in [1.165, 1.54) is 24.0 Å². The molecule has 0 aromatic heterocycles. The number of methoxy groups -OCH3 is 2. The summed E-state index contributed by atoms with van der Waals surface area (Å²) in [7, 11) is 3.36. The second kappa shape index (κ2) is 6.12. The summed E-state index contributed by atoms with van der Waals surface area (Å²) >= 11 is 0. The Morgan fingerprint density at radius 1 is 1.19 bits per heavy atom. The lowest BCUT2D eigenvalue weighted by Gasteiger charge is -2.38. The molecule has 116 valence electrons. The van der Waals surface area contributed by atoms with E-state index in [2.05, 4.69) is 10.2 Å². The Morgan fingerprint density at radius 3 is 2.62 bits per heavy atom. The van der Waals surface area contributed by atoms with Crippen molar-refractivity contribution in [3.05, 3.63) is 17.2 Å². The monoisotopic (exact) mass is 291 g/mol. The number of rotatable bonds is 3. The van der Waals surface area contributed by atoms with Gasteiger partial charge in [-0.2, -0.15) is 0 Å². The van der Waals surface area contributed by atoms with Crippen molar-refractivity contribution in [2.24, 2.45) is 0 Å². The molecular weight excluding hydrogens is 266 g/mol. The predicted octanol–water partition coefficient (Wildman–Crippen LogP) is 1.40. The third-order valence-electron chi connectivity index (χ3n) is 4.76. The van der Waals surface area contributed by atoms with E-state index in [0.717, 1.165) is 49.8 Å². The first-order chi connectivity index (χ1) is 10.2. The highest BCUT2D eigenvalue weighted by atomic mass is 16.5. The van der Waals surface area contributed by atoms with Gasteiger partial charge in [-0.1, -0.05) is 0 Å². The van der Waals surface area contributed by atoms with Crippen LogP contribution in [0.15, 0.2) is 6.07 Å². The van der Waals surface area contributed by atoms with Crippen LogP contribution in [-0.4, -0.2) is 44.8 Å². The number of nitrogen functional groups attached to an aromatic ring is 1. The van der Waals surface area contributed by atoms with E-state index in [9.17, 15) is 0 Å². The van der Waals surface area contributed by atoms with E-state index in [0.29, 0.717) is 6.04 Å². The Kier molecular flexibility index (Phi) is 4.22. The summed E-state index contributed by atoms with van der Waals surface area (Å²) in [5.74, 6) is 1.59. The van der Waals surface area contributed by atoms with Gasteiger partial charge >= 0.3 is 0 Å². The van der Waals surface area contributed by atoms with E-state index in [1.807, 2.05) is 6.07 Å². The summed E-state index contributed by atoms with van der Waals surface area (Å²) in [5, 5.41) is 3.43. The standard InChI is InChI=1S/C16H25N3O2/c1-20-15-9-14(17)13-10-19(11-3-6-18-7-4-11)8-5-12(13)16(15)21-2/h9,11,18H,3-8,10,17H2,1-2H3. The molecule has 1 aromatic rings. The van der Waals surface area contributed by atoms with Crippen molar-refractivity contribution in [1.29, 1.82) is 0 Å². The molecule has 5 heteroatoms. The molecule has 0 saturated carbocycles. The normalized spacial score (nSPS) is 20.1. The van der Waals surface area contributed by atoms with Gasteiger partial charge in [-0.25, -0.2) is 0 Å². The zero-order valence-electron chi connectivity index (χ0n) is 12.9. The highest BCUT2D eigenvalue weighted by molar-refractivity contribution is 5.64. The van der Waals surface area contributed by atoms with Crippen LogP contribution in [-0.2, 0) is 13.0 Å². The minimum absolute atomic E-state index is 0.673. The summed E-state index contributed by atoms with van der Waals surface area (Å²) in [5.41, 5.74) is 9.52. The minimum atomic E-state index is 0.673. The number of hydrogen-bond donors (Lipinski definition) is 2. The van der Waals surface area contributed by atoms with Crippen LogP contribution in [0, 0.1) is 0 Å². The Hall–Kier alpha value is -1.46. The van der Waals surface area contributed by atoms with Gasteiger partial charge in [0.15, 0.2) is 11.5 Å². The summed E-state index contributed by atoms with van der Waals surface area (Å²) in [6, 6.07) is 2.57. The quantitative estimate of drug-likeness (QED) is 0.824. The Bertz CT molecular complexity index is 513. The number of ether oxygens (including phenoxy) is 2. The number of nitrogens with two attached hydrogens (primary N) is 1. The van der Waals surface area contributed by atoms with E-state index in [-0.39, 0.29) is 0 Å². The summed E-state index contributed by atoms with van der Waals surface area (Å²) in [4.78, 5) is 2.57. The fourth-order valence-corrected chi connectivity index (χ4v) is 3.60.